The number of carbonyl (C=O) groups excluding carboxylic acids is 2. The number of benzene rings is 2. The second kappa shape index (κ2) is 8.01. The second-order valence-electron chi connectivity index (χ2n) is 6.72. The molecule has 0 spiro atoms. The molecule has 0 aliphatic carbocycles. The Hall–Kier alpha value is -3.25. The Kier molecular flexibility index (Phi) is 5.27. The molecule has 0 radical (unpaired) electrons. The van der Waals surface area contributed by atoms with Crippen LogP contribution in [0.25, 0.3) is 0 Å². The third-order valence-corrected chi connectivity index (χ3v) is 4.98. The summed E-state index contributed by atoms with van der Waals surface area (Å²) in [5, 5.41) is 0.0409. The first kappa shape index (κ1) is 19.1. The lowest BCUT2D eigenvalue weighted by atomic mass is 10.1. The molecule has 1 aliphatic heterocycles. The maximum absolute atomic E-state index is 13.7. The topological polar surface area (TPSA) is 59.5 Å². The minimum absolute atomic E-state index is 0.0409. The summed E-state index contributed by atoms with van der Waals surface area (Å²) in [4.78, 5) is 30.7. The third-order valence-electron chi connectivity index (χ3n) is 4.67. The van der Waals surface area contributed by atoms with Crippen molar-refractivity contribution in [1.82, 2.24) is 9.88 Å². The van der Waals surface area contributed by atoms with Gasteiger partial charge >= 0.3 is 5.97 Å². The van der Waals surface area contributed by atoms with Crippen LogP contribution in [-0.2, 0) is 24.4 Å². The molecule has 0 saturated heterocycles. The monoisotopic (exact) mass is 410 g/mol. The summed E-state index contributed by atoms with van der Waals surface area (Å²) in [5.74, 6) is -1.24. The number of hydrogen-bond donors (Lipinski definition) is 0. The van der Waals surface area contributed by atoms with Crippen molar-refractivity contribution in [3.63, 3.8) is 0 Å². The molecule has 4 rings (SSSR count). The molecule has 146 valence electrons. The van der Waals surface area contributed by atoms with E-state index in [1.165, 1.54) is 12.1 Å². The molecule has 1 aliphatic rings. The highest BCUT2D eigenvalue weighted by Crippen LogP contribution is 2.26. The number of carbonyl (C=O) groups is 2. The molecule has 2 aromatic carbocycles. The minimum Gasteiger partial charge on any atom is -0.457 e. The number of nitrogens with zero attached hydrogens (tertiary/aromatic N) is 2. The first-order chi connectivity index (χ1) is 14.0. The van der Waals surface area contributed by atoms with Crippen molar-refractivity contribution < 1.29 is 18.7 Å². The highest BCUT2D eigenvalue weighted by atomic mass is 35.5. The van der Waals surface area contributed by atoms with Gasteiger partial charge in [0.15, 0.2) is 0 Å². The number of esters is 1. The van der Waals surface area contributed by atoms with Gasteiger partial charge in [0, 0.05) is 36.6 Å². The molecule has 0 N–H and O–H groups in total. The average Bonchev–Trinajstić information content (AvgIpc) is 3.04. The van der Waals surface area contributed by atoms with Crippen LogP contribution in [0, 0.1) is 5.82 Å². The van der Waals surface area contributed by atoms with Gasteiger partial charge in [-0.15, -0.1) is 0 Å². The summed E-state index contributed by atoms with van der Waals surface area (Å²) >= 11 is 5.71. The Labute approximate surface area is 171 Å². The number of rotatable bonds is 5. The van der Waals surface area contributed by atoms with Gasteiger partial charge in [0.25, 0.3) is 5.91 Å². The molecule has 2 heterocycles. The highest BCUT2D eigenvalue weighted by molar-refractivity contribution is 6.30. The summed E-state index contributed by atoms with van der Waals surface area (Å²) in [6.07, 6.45) is 3.26. The lowest BCUT2D eigenvalue weighted by Gasteiger charge is -2.15. The van der Waals surface area contributed by atoms with Gasteiger partial charge in [-0.05, 0) is 41.5 Å². The van der Waals surface area contributed by atoms with Crippen molar-refractivity contribution in [3.05, 3.63) is 99.6 Å². The lowest BCUT2D eigenvalue weighted by molar-refractivity contribution is 0.0472. The van der Waals surface area contributed by atoms with Crippen molar-refractivity contribution in [3.8, 4) is 0 Å². The van der Waals surface area contributed by atoms with Gasteiger partial charge < -0.3 is 9.64 Å². The Morgan fingerprint density at radius 3 is 2.79 bits per heavy atom. The first-order valence-corrected chi connectivity index (χ1v) is 9.31. The first-order valence-electron chi connectivity index (χ1n) is 8.93. The zero-order chi connectivity index (χ0) is 20.4. The SMILES string of the molecule is O=C(OCc1cccnc1)c1ccc2c(c1)C(=O)N(Cc1ccc(Cl)c(F)c1)C2. The molecule has 3 aromatic rings. The van der Waals surface area contributed by atoms with Crippen LogP contribution in [0.2, 0.25) is 5.02 Å². The molecular formula is C22H16ClFN2O3. The van der Waals surface area contributed by atoms with E-state index in [9.17, 15) is 14.0 Å². The molecular weight excluding hydrogens is 395 g/mol. The normalized spacial score (nSPS) is 12.8. The van der Waals surface area contributed by atoms with Gasteiger partial charge in [0.05, 0.1) is 10.6 Å². The van der Waals surface area contributed by atoms with Gasteiger partial charge in [0.1, 0.15) is 12.4 Å². The van der Waals surface area contributed by atoms with Crippen LogP contribution in [0.4, 0.5) is 4.39 Å². The fraction of sp³-hybridized carbons (Fsp3) is 0.136. The van der Waals surface area contributed by atoms with Crippen LogP contribution in [-0.4, -0.2) is 21.8 Å². The van der Waals surface area contributed by atoms with E-state index in [0.29, 0.717) is 23.2 Å². The van der Waals surface area contributed by atoms with E-state index in [0.717, 1.165) is 11.1 Å². The van der Waals surface area contributed by atoms with Gasteiger partial charge in [-0.3, -0.25) is 9.78 Å². The zero-order valence-electron chi connectivity index (χ0n) is 15.3. The van der Waals surface area contributed by atoms with Crippen molar-refractivity contribution in [2.45, 2.75) is 19.7 Å². The molecule has 0 bridgehead atoms. The van der Waals surface area contributed by atoms with Crippen LogP contribution in [0.15, 0.2) is 60.9 Å². The lowest BCUT2D eigenvalue weighted by Crippen LogP contribution is -2.23. The summed E-state index contributed by atoms with van der Waals surface area (Å²) in [6.45, 7) is 0.748. The van der Waals surface area contributed by atoms with Gasteiger partial charge in [0.2, 0.25) is 0 Å². The van der Waals surface area contributed by atoms with E-state index < -0.39 is 11.8 Å². The molecule has 1 aromatic heterocycles. The molecule has 0 unspecified atom stereocenters. The fourth-order valence-electron chi connectivity index (χ4n) is 3.19. The second-order valence-corrected chi connectivity index (χ2v) is 7.13. The van der Waals surface area contributed by atoms with E-state index in [1.54, 1.807) is 47.6 Å². The summed E-state index contributed by atoms with van der Waals surface area (Å²) in [7, 11) is 0. The van der Waals surface area contributed by atoms with E-state index in [4.69, 9.17) is 16.3 Å². The summed E-state index contributed by atoms with van der Waals surface area (Å²) in [6, 6.07) is 13.0. The van der Waals surface area contributed by atoms with E-state index >= 15 is 0 Å². The number of aromatic nitrogens is 1. The number of hydrogen-bond acceptors (Lipinski definition) is 4. The van der Waals surface area contributed by atoms with Crippen molar-refractivity contribution >= 4 is 23.5 Å². The highest BCUT2D eigenvalue weighted by Gasteiger charge is 2.28. The van der Waals surface area contributed by atoms with Crippen molar-refractivity contribution in [2.24, 2.45) is 0 Å². The minimum atomic E-state index is -0.521. The fourth-order valence-corrected chi connectivity index (χ4v) is 3.31. The Balaban J connectivity index is 1.45. The number of fused-ring (bicyclic) bond motifs is 1. The molecule has 5 nitrogen and oxygen atoms in total. The molecule has 0 atom stereocenters. The third kappa shape index (κ3) is 4.12. The Morgan fingerprint density at radius 2 is 2.03 bits per heavy atom. The van der Waals surface area contributed by atoms with Crippen molar-refractivity contribution in [2.75, 3.05) is 0 Å². The standard InChI is InChI=1S/C22H16ClFN2O3/c23-19-6-3-14(8-20(19)24)11-26-12-17-5-4-16(9-18(17)21(26)27)22(28)29-13-15-2-1-7-25-10-15/h1-10H,11-13H2. The zero-order valence-corrected chi connectivity index (χ0v) is 16.0. The van der Waals surface area contributed by atoms with Crippen LogP contribution in [0.5, 0.6) is 0 Å². The number of amides is 1. The maximum atomic E-state index is 13.7. The summed E-state index contributed by atoms with van der Waals surface area (Å²) < 4.78 is 19.0. The number of halogens is 2. The molecule has 0 fully saturated rings. The van der Waals surface area contributed by atoms with Gasteiger partial charge in [-0.2, -0.15) is 0 Å². The summed E-state index contributed by atoms with van der Waals surface area (Å²) in [5.41, 5.74) is 2.99. The van der Waals surface area contributed by atoms with E-state index in [-0.39, 0.29) is 24.1 Å². The molecule has 29 heavy (non-hydrogen) atoms. The Morgan fingerprint density at radius 1 is 1.17 bits per heavy atom. The van der Waals surface area contributed by atoms with Gasteiger partial charge in [-0.25, -0.2) is 9.18 Å². The predicted molar refractivity (Wildman–Crippen MR) is 105 cm³/mol. The van der Waals surface area contributed by atoms with Crippen LogP contribution in [0.3, 0.4) is 0 Å². The largest absolute Gasteiger partial charge is 0.457 e. The quantitative estimate of drug-likeness (QED) is 0.585. The average molecular weight is 411 g/mol. The molecule has 0 saturated carbocycles. The Bertz CT molecular complexity index is 1090. The van der Waals surface area contributed by atoms with Crippen LogP contribution >= 0.6 is 11.6 Å². The molecule has 1 amide bonds. The van der Waals surface area contributed by atoms with E-state index in [1.807, 2.05) is 6.07 Å². The van der Waals surface area contributed by atoms with Crippen LogP contribution in [0.1, 0.15) is 37.4 Å². The maximum Gasteiger partial charge on any atom is 0.338 e. The predicted octanol–water partition coefficient (Wildman–Crippen LogP) is 4.39. The molecule has 7 heteroatoms. The van der Waals surface area contributed by atoms with Gasteiger partial charge in [-0.1, -0.05) is 29.8 Å². The van der Waals surface area contributed by atoms with E-state index in [2.05, 4.69) is 4.98 Å². The smallest absolute Gasteiger partial charge is 0.338 e. The number of pyridine rings is 1. The van der Waals surface area contributed by atoms with Crippen LogP contribution < -0.4 is 0 Å². The van der Waals surface area contributed by atoms with Crippen molar-refractivity contribution in [1.29, 1.82) is 0 Å². The number of ether oxygens (including phenoxy) is 1.